The number of carboxylic acid groups (broad SMARTS) is 1. The normalized spacial score (nSPS) is 30.5. The number of alkyl halides is 6. The SMILES string of the molecule is CO[C@](C(=O)O[C@H](/C=C(\C)C(=O)O)C[C@@H](C)[C@H]1C[C@H](OC(=O)[C@@](OC)(c2ccccc2)C(F)(F)F)[C@@]2(C)C3=C(C(=O)C[C@]12C)[C@@]1(C)CCC(=O)C(C)(C)[C@@H]1CC3)(c1ccccc1)C(F)(F)F. The van der Waals surface area contributed by atoms with E-state index in [-0.39, 0.29) is 55.2 Å². The number of halogens is 6. The highest BCUT2D eigenvalue weighted by atomic mass is 19.4. The molecule has 0 radical (unpaired) electrons. The van der Waals surface area contributed by atoms with Crippen LogP contribution in [0.4, 0.5) is 26.3 Å². The summed E-state index contributed by atoms with van der Waals surface area (Å²) in [4.78, 5) is 68.9. The van der Waals surface area contributed by atoms with E-state index in [4.69, 9.17) is 18.9 Å². The molecule has 2 aromatic carbocycles. The van der Waals surface area contributed by atoms with Crippen LogP contribution in [0.25, 0.3) is 0 Å². The summed E-state index contributed by atoms with van der Waals surface area (Å²) >= 11 is 0. The van der Waals surface area contributed by atoms with E-state index in [1.807, 2.05) is 20.8 Å². The third kappa shape index (κ3) is 7.61. The number of ketones is 2. The van der Waals surface area contributed by atoms with Crippen molar-refractivity contribution < 1.29 is 74.4 Å². The highest BCUT2D eigenvalue weighted by molar-refractivity contribution is 6.01. The van der Waals surface area contributed by atoms with Crippen LogP contribution in [-0.4, -0.2) is 73.4 Å². The molecule has 2 saturated carbocycles. The van der Waals surface area contributed by atoms with Crippen molar-refractivity contribution in [1.29, 1.82) is 0 Å². The second-order valence-corrected chi connectivity index (χ2v) is 19.8. The standard InChI is InChI=1S/C50H58F6O10/c1-28(24-32(25-29(2)40(59)60)65-41(61)47(63-8,49(51,52)53)30-16-12-10-13-17-30)34-26-38(66-42(62)48(64-9,50(54,55)56)31-18-14-11-15-19-31)46(7)33-20-21-36-43(3,4)37(58)22-23-44(36,5)39(33)35(57)27-45(34,46)6/h10-19,25,28,32,34,36,38H,20-24,26-27H2,1-9H3,(H,59,60)/b29-25+/t28-,32+,34-,36+,38+,44+,45-,46-,47+,48+/m1/s1. The summed E-state index contributed by atoms with van der Waals surface area (Å²) in [5, 5.41) is 9.87. The first kappa shape index (κ1) is 50.6. The Morgan fingerprint density at radius 3 is 1.82 bits per heavy atom. The smallest absolute Gasteiger partial charge is 0.432 e. The van der Waals surface area contributed by atoms with Gasteiger partial charge in [0, 0.05) is 65.6 Å². The molecule has 16 heteroatoms. The van der Waals surface area contributed by atoms with E-state index in [2.05, 4.69) is 0 Å². The minimum Gasteiger partial charge on any atom is -0.478 e. The van der Waals surface area contributed by atoms with Crippen molar-refractivity contribution >= 4 is 29.5 Å². The Labute approximate surface area is 380 Å². The monoisotopic (exact) mass is 932 g/mol. The zero-order valence-corrected chi connectivity index (χ0v) is 38.6. The van der Waals surface area contributed by atoms with Crippen molar-refractivity contribution in [2.24, 2.45) is 39.4 Å². The van der Waals surface area contributed by atoms with Gasteiger partial charge in [-0.05, 0) is 68.3 Å². The molecule has 6 rings (SSSR count). The number of fused-ring (bicyclic) bond motifs is 4. The minimum atomic E-state index is -5.36. The predicted octanol–water partition coefficient (Wildman–Crippen LogP) is 10.2. The number of allylic oxidation sites excluding steroid dienone is 1. The van der Waals surface area contributed by atoms with E-state index < -0.39 is 98.3 Å². The van der Waals surface area contributed by atoms with Gasteiger partial charge in [0.1, 0.15) is 18.0 Å². The Morgan fingerprint density at radius 2 is 1.33 bits per heavy atom. The highest BCUT2D eigenvalue weighted by Crippen LogP contribution is 2.72. The third-order valence-corrected chi connectivity index (χ3v) is 16.3. The van der Waals surface area contributed by atoms with Gasteiger partial charge in [-0.2, -0.15) is 26.3 Å². The van der Waals surface area contributed by atoms with Crippen LogP contribution >= 0.6 is 0 Å². The van der Waals surface area contributed by atoms with Crippen molar-refractivity contribution in [1.82, 2.24) is 0 Å². The number of hydrogen-bond donors (Lipinski definition) is 1. The van der Waals surface area contributed by atoms with E-state index in [0.717, 1.165) is 37.5 Å². The van der Waals surface area contributed by atoms with E-state index in [1.165, 1.54) is 43.3 Å². The quantitative estimate of drug-likeness (QED) is 0.117. The highest BCUT2D eigenvalue weighted by Gasteiger charge is 2.72. The van der Waals surface area contributed by atoms with Gasteiger partial charge in [0.25, 0.3) is 11.2 Å². The van der Waals surface area contributed by atoms with Crippen molar-refractivity contribution in [2.45, 2.75) is 129 Å². The van der Waals surface area contributed by atoms with Gasteiger partial charge in [0.15, 0.2) is 5.78 Å². The summed E-state index contributed by atoms with van der Waals surface area (Å²) in [5.74, 6) is -7.06. The summed E-state index contributed by atoms with van der Waals surface area (Å²) in [6.45, 7) is 12.1. The molecule has 0 aliphatic heterocycles. The fourth-order valence-electron chi connectivity index (χ4n) is 12.6. The molecule has 66 heavy (non-hydrogen) atoms. The van der Waals surface area contributed by atoms with E-state index in [9.17, 15) is 29.1 Å². The summed E-state index contributed by atoms with van der Waals surface area (Å²) in [5.41, 5.74) is -11.8. The molecule has 360 valence electrons. The summed E-state index contributed by atoms with van der Waals surface area (Å²) in [6, 6.07) is 12.4. The van der Waals surface area contributed by atoms with Gasteiger partial charge in [-0.3, -0.25) is 9.59 Å². The molecule has 1 N–H and O–H groups in total. The number of aliphatic carboxylic acids is 1. The number of rotatable bonds is 13. The second-order valence-electron chi connectivity index (χ2n) is 19.8. The van der Waals surface area contributed by atoms with Crippen LogP contribution in [-0.2, 0) is 54.1 Å². The Morgan fingerprint density at radius 1 is 0.818 bits per heavy atom. The van der Waals surface area contributed by atoms with Crippen LogP contribution in [0.2, 0.25) is 0 Å². The number of carbonyl (C=O) groups excluding carboxylic acids is 4. The number of esters is 2. The molecule has 10 nitrogen and oxygen atoms in total. The van der Waals surface area contributed by atoms with Crippen molar-refractivity contribution in [2.75, 3.05) is 14.2 Å². The van der Waals surface area contributed by atoms with Crippen LogP contribution < -0.4 is 0 Å². The number of benzene rings is 2. The second kappa shape index (κ2) is 17.4. The summed E-state index contributed by atoms with van der Waals surface area (Å²) in [6.07, 6.45) is -12.1. The van der Waals surface area contributed by atoms with Crippen LogP contribution in [0.15, 0.2) is 83.5 Å². The minimum absolute atomic E-state index is 0.0584. The molecular formula is C50H58F6O10. The van der Waals surface area contributed by atoms with Gasteiger partial charge < -0.3 is 24.1 Å². The zero-order chi connectivity index (χ0) is 49.2. The van der Waals surface area contributed by atoms with E-state index >= 15 is 26.3 Å². The van der Waals surface area contributed by atoms with Crippen LogP contribution in [0.3, 0.4) is 0 Å². The summed E-state index contributed by atoms with van der Waals surface area (Å²) in [7, 11) is 1.45. The average Bonchev–Trinajstić information content (AvgIpc) is 3.45. The maximum Gasteiger partial charge on any atom is 0.432 e. The number of hydrogen-bond acceptors (Lipinski definition) is 9. The van der Waals surface area contributed by atoms with Crippen LogP contribution in [0, 0.1) is 39.4 Å². The molecule has 10 atom stereocenters. The lowest BCUT2D eigenvalue weighted by Gasteiger charge is -2.60. The fraction of sp³-hybridized carbons (Fsp3) is 0.580. The number of ether oxygens (including phenoxy) is 4. The lowest BCUT2D eigenvalue weighted by molar-refractivity contribution is -0.280. The largest absolute Gasteiger partial charge is 0.478 e. The maximum atomic E-state index is 15.4. The molecular weight excluding hydrogens is 875 g/mol. The van der Waals surface area contributed by atoms with Crippen molar-refractivity contribution in [3.63, 3.8) is 0 Å². The van der Waals surface area contributed by atoms with E-state index in [0.29, 0.717) is 31.1 Å². The van der Waals surface area contributed by atoms with Gasteiger partial charge in [0.05, 0.1) is 0 Å². The molecule has 0 amide bonds. The maximum absolute atomic E-state index is 15.4. The third-order valence-electron chi connectivity index (χ3n) is 16.3. The molecule has 4 aliphatic carbocycles. The Bertz CT molecular complexity index is 2310. The number of methoxy groups -OCH3 is 2. The van der Waals surface area contributed by atoms with Gasteiger partial charge >= 0.3 is 30.3 Å². The topological polar surface area (TPSA) is 142 Å². The fourth-order valence-corrected chi connectivity index (χ4v) is 12.6. The molecule has 0 heterocycles. The molecule has 2 fully saturated rings. The molecule has 0 bridgehead atoms. The number of carbonyl (C=O) groups is 5. The zero-order valence-electron chi connectivity index (χ0n) is 38.6. The lowest BCUT2D eigenvalue weighted by atomic mass is 9.43. The predicted molar refractivity (Wildman–Crippen MR) is 227 cm³/mol. The number of Topliss-reactive ketones (excluding diaryl/α,β-unsaturated/α-hetero) is 2. The van der Waals surface area contributed by atoms with E-state index in [1.54, 1.807) is 20.8 Å². The molecule has 2 aromatic rings. The molecule has 0 unspecified atom stereocenters. The van der Waals surface area contributed by atoms with Crippen molar-refractivity contribution in [3.05, 3.63) is 94.6 Å². The number of carboxylic acids is 1. The Kier molecular flexibility index (Phi) is 13.3. The molecule has 4 aliphatic rings. The first-order chi connectivity index (χ1) is 30.6. The van der Waals surface area contributed by atoms with Crippen LogP contribution in [0.5, 0.6) is 0 Å². The van der Waals surface area contributed by atoms with Gasteiger partial charge in [-0.1, -0.05) is 108 Å². The Hall–Kier alpha value is -4.83. The summed E-state index contributed by atoms with van der Waals surface area (Å²) < 4.78 is 113. The van der Waals surface area contributed by atoms with Gasteiger partial charge in [0.2, 0.25) is 0 Å². The first-order valence-corrected chi connectivity index (χ1v) is 22.1. The van der Waals surface area contributed by atoms with Crippen molar-refractivity contribution in [3.8, 4) is 0 Å². The Balaban J connectivity index is 1.49. The lowest BCUT2D eigenvalue weighted by Crippen LogP contribution is -2.58. The molecule has 0 spiro atoms. The van der Waals surface area contributed by atoms with Gasteiger partial charge in [-0.25, -0.2) is 14.4 Å². The first-order valence-electron chi connectivity index (χ1n) is 22.1. The molecule has 0 aromatic heterocycles. The average molecular weight is 933 g/mol. The molecule has 0 saturated heterocycles. The van der Waals surface area contributed by atoms with Crippen LogP contribution in [0.1, 0.15) is 105 Å². The van der Waals surface area contributed by atoms with Gasteiger partial charge in [-0.15, -0.1) is 0 Å².